The van der Waals surface area contributed by atoms with Gasteiger partial charge in [0.15, 0.2) is 5.75 Å². The second kappa shape index (κ2) is 16.7. The molecule has 1 aliphatic rings. The monoisotopic (exact) mass is 773 g/mol. The molecule has 0 fully saturated rings. The minimum atomic E-state index is -1.12. The SMILES string of the molecule is COc1c(C)c(O)c2c(O)c3c4c(nc5cc(C)ccn54)c2c1C(=O)O/C=C/C(OC)C(C)[C@@H](OC(C)=O)[C@H](C)C(O)C(C)C(O)[C@@H](C)/C=C/C=C(/C)C(=O)N3. The van der Waals surface area contributed by atoms with E-state index in [1.807, 2.05) is 13.0 Å². The van der Waals surface area contributed by atoms with Crippen molar-refractivity contribution in [1.82, 2.24) is 9.38 Å². The van der Waals surface area contributed by atoms with Crippen LogP contribution in [0.2, 0.25) is 0 Å². The number of benzene rings is 2. The standard InChI is InChI=1S/C42H51N3O11/c1-19-14-16-45-28(18-19)43-32-29-30-37(49)25(7)40(54-10)31(29)42(52)55-17-15-27(53-9)22(4)39(56-26(8)46)24(6)36(48)23(5)35(47)20(2)12-11-13-21(3)41(51)44-33(34(32)45)38(30)50/h11-18,20,22-24,27,35-36,39,47-50H,1-10H3,(H,44,51)/b12-11+,17-15+,21-13-/t20-,22?,23?,24+,27?,35?,36?,39+/m0/s1. The Balaban J connectivity index is 1.80. The normalized spacial score (nSPS) is 27.8. The number of ether oxygens (including phenoxy) is 4. The van der Waals surface area contributed by atoms with Crippen molar-refractivity contribution in [3.05, 3.63) is 71.2 Å². The van der Waals surface area contributed by atoms with Crippen molar-refractivity contribution in [2.75, 3.05) is 19.5 Å². The Morgan fingerprint density at radius 1 is 0.946 bits per heavy atom. The number of carbonyl (C=O) groups excluding carboxylic acids is 3. The van der Waals surface area contributed by atoms with Crippen molar-refractivity contribution in [3.63, 3.8) is 0 Å². The number of carbonyl (C=O) groups is 3. The summed E-state index contributed by atoms with van der Waals surface area (Å²) >= 11 is 0. The summed E-state index contributed by atoms with van der Waals surface area (Å²) < 4.78 is 24.5. The Morgan fingerprint density at radius 2 is 1.64 bits per heavy atom. The fourth-order valence-corrected chi connectivity index (χ4v) is 7.58. The first kappa shape index (κ1) is 41.7. The Kier molecular flexibility index (Phi) is 12.5. The third-order valence-corrected chi connectivity index (χ3v) is 10.9. The molecule has 2 aromatic heterocycles. The van der Waals surface area contributed by atoms with Crippen LogP contribution in [0.25, 0.3) is 27.5 Å². The lowest BCUT2D eigenvalue weighted by atomic mass is 9.78. The number of aromatic nitrogens is 2. The average molecular weight is 774 g/mol. The van der Waals surface area contributed by atoms with Gasteiger partial charge in [-0.15, -0.1) is 0 Å². The summed E-state index contributed by atoms with van der Waals surface area (Å²) in [5.41, 5.74) is 1.81. The fourth-order valence-electron chi connectivity index (χ4n) is 7.58. The number of hydrogen-bond donors (Lipinski definition) is 5. The lowest BCUT2D eigenvalue weighted by molar-refractivity contribution is -0.160. The van der Waals surface area contributed by atoms with Crippen LogP contribution in [0.15, 0.2) is 54.5 Å². The molecule has 4 aromatic rings. The molecule has 0 spiro atoms. The van der Waals surface area contributed by atoms with Gasteiger partial charge in [0.05, 0.1) is 37.1 Å². The number of nitrogens with one attached hydrogen (secondary N) is 1. The maximum Gasteiger partial charge on any atom is 0.347 e. The Bertz CT molecular complexity index is 2270. The van der Waals surface area contributed by atoms with Gasteiger partial charge in [0, 0.05) is 60.4 Å². The van der Waals surface area contributed by atoms with E-state index in [0.717, 1.165) is 11.8 Å². The van der Waals surface area contributed by atoms with Crippen LogP contribution in [0.5, 0.6) is 17.2 Å². The minimum absolute atomic E-state index is 0.0138. The third-order valence-electron chi connectivity index (χ3n) is 10.9. The van der Waals surface area contributed by atoms with Crippen molar-refractivity contribution in [1.29, 1.82) is 0 Å². The van der Waals surface area contributed by atoms with Crippen LogP contribution in [0, 0.1) is 37.5 Å². The number of aromatic hydroxyl groups is 2. The first-order valence-corrected chi connectivity index (χ1v) is 18.4. The van der Waals surface area contributed by atoms with Gasteiger partial charge in [0.25, 0.3) is 5.91 Å². The molecule has 5 N–H and O–H groups in total. The van der Waals surface area contributed by atoms with E-state index in [4.69, 9.17) is 23.9 Å². The molecule has 8 atom stereocenters. The molecule has 5 unspecified atom stereocenters. The summed E-state index contributed by atoms with van der Waals surface area (Å²) in [6.07, 6.45) is 5.31. The fraction of sp³-hybridized carbons (Fsp3) is 0.429. The number of pyridine rings is 1. The number of aliphatic hydroxyl groups is 2. The Hall–Kier alpha value is -5.44. The van der Waals surface area contributed by atoms with E-state index in [1.165, 1.54) is 34.1 Å². The summed E-state index contributed by atoms with van der Waals surface area (Å²) in [6.45, 7) is 13.2. The van der Waals surface area contributed by atoms with Crippen LogP contribution in [-0.2, 0) is 23.8 Å². The smallest absolute Gasteiger partial charge is 0.347 e. The molecular formula is C42H51N3O11. The highest BCUT2D eigenvalue weighted by Gasteiger charge is 2.39. The van der Waals surface area contributed by atoms with Crippen molar-refractivity contribution in [2.24, 2.45) is 23.7 Å². The molecule has 2 bridgehead atoms. The highest BCUT2D eigenvalue weighted by molar-refractivity contribution is 6.26. The number of fused-ring (bicyclic) bond motifs is 1. The van der Waals surface area contributed by atoms with Gasteiger partial charge in [0.2, 0.25) is 0 Å². The van der Waals surface area contributed by atoms with Gasteiger partial charge in [-0.1, -0.05) is 45.9 Å². The van der Waals surface area contributed by atoms with E-state index in [-0.39, 0.29) is 49.9 Å². The van der Waals surface area contributed by atoms with E-state index in [1.54, 1.807) is 69.5 Å². The number of rotatable bonds is 3. The Labute approximate surface area is 325 Å². The van der Waals surface area contributed by atoms with Crippen LogP contribution in [0.4, 0.5) is 5.69 Å². The van der Waals surface area contributed by atoms with Gasteiger partial charge in [-0.25, -0.2) is 9.78 Å². The number of hydrogen-bond acceptors (Lipinski definition) is 12. The van der Waals surface area contributed by atoms with Gasteiger partial charge in [-0.2, -0.15) is 0 Å². The second-order valence-electron chi connectivity index (χ2n) is 14.7. The highest BCUT2D eigenvalue weighted by atomic mass is 16.5. The van der Waals surface area contributed by atoms with Gasteiger partial charge < -0.3 is 44.7 Å². The predicted molar refractivity (Wildman–Crippen MR) is 211 cm³/mol. The van der Waals surface area contributed by atoms with Crippen LogP contribution in [0.1, 0.15) is 63.0 Å². The van der Waals surface area contributed by atoms with E-state index < -0.39 is 77.4 Å². The maximum atomic E-state index is 14.2. The number of amides is 1. The summed E-state index contributed by atoms with van der Waals surface area (Å²) in [7, 11) is 2.76. The number of nitrogens with zero attached hydrogens (tertiary/aromatic N) is 2. The van der Waals surface area contributed by atoms with E-state index in [9.17, 15) is 34.8 Å². The molecule has 2 aromatic carbocycles. The molecular weight excluding hydrogens is 722 g/mol. The highest BCUT2D eigenvalue weighted by Crippen LogP contribution is 2.51. The van der Waals surface area contributed by atoms with Crippen LogP contribution in [-0.4, -0.2) is 86.3 Å². The number of esters is 2. The van der Waals surface area contributed by atoms with Gasteiger partial charge in [-0.3, -0.25) is 14.0 Å². The van der Waals surface area contributed by atoms with Crippen LogP contribution >= 0.6 is 0 Å². The second-order valence-corrected chi connectivity index (χ2v) is 14.7. The number of phenols is 2. The lowest BCUT2D eigenvalue weighted by Crippen LogP contribution is -2.46. The largest absolute Gasteiger partial charge is 0.507 e. The number of aryl methyl sites for hydroxylation is 1. The summed E-state index contributed by atoms with van der Waals surface area (Å²) in [6, 6.07) is 3.60. The molecule has 300 valence electrons. The summed E-state index contributed by atoms with van der Waals surface area (Å²) in [5, 5.41) is 49.0. The molecule has 5 rings (SSSR count). The molecule has 1 aliphatic heterocycles. The third kappa shape index (κ3) is 7.68. The lowest BCUT2D eigenvalue weighted by Gasteiger charge is -2.38. The Morgan fingerprint density at radius 3 is 2.29 bits per heavy atom. The zero-order chi connectivity index (χ0) is 41.3. The van der Waals surface area contributed by atoms with Gasteiger partial charge >= 0.3 is 11.9 Å². The van der Waals surface area contributed by atoms with Crippen molar-refractivity contribution in [2.45, 2.75) is 79.8 Å². The molecule has 14 nitrogen and oxygen atoms in total. The first-order valence-electron chi connectivity index (χ1n) is 18.4. The van der Waals surface area contributed by atoms with Gasteiger partial charge in [0.1, 0.15) is 45.5 Å². The first-order chi connectivity index (χ1) is 26.4. The number of cyclic esters (lactones) is 1. The maximum absolute atomic E-state index is 14.2. The van der Waals surface area contributed by atoms with Crippen molar-refractivity contribution < 1.29 is 53.8 Å². The molecule has 1 amide bonds. The zero-order valence-corrected chi connectivity index (χ0v) is 33.3. The molecule has 0 radical (unpaired) electrons. The van der Waals surface area contributed by atoms with Crippen molar-refractivity contribution >= 4 is 51.0 Å². The number of allylic oxidation sites excluding steroid dienone is 2. The number of aliphatic hydroxyl groups excluding tert-OH is 2. The molecule has 14 heteroatoms. The summed E-state index contributed by atoms with van der Waals surface area (Å²) in [5.74, 6) is -5.49. The predicted octanol–water partition coefficient (Wildman–Crippen LogP) is 6.02. The number of imidazole rings is 1. The molecule has 0 saturated heterocycles. The number of phenolic OH excluding ortho intramolecular Hbond substituents is 2. The average Bonchev–Trinajstić information content (AvgIpc) is 3.54. The van der Waals surface area contributed by atoms with Crippen molar-refractivity contribution in [3.8, 4) is 17.2 Å². The summed E-state index contributed by atoms with van der Waals surface area (Å²) in [4.78, 5) is 45.2. The van der Waals surface area contributed by atoms with E-state index in [2.05, 4.69) is 5.32 Å². The quantitative estimate of drug-likeness (QED) is 0.120. The molecule has 56 heavy (non-hydrogen) atoms. The molecule has 0 saturated carbocycles. The topological polar surface area (TPSA) is 198 Å². The van der Waals surface area contributed by atoms with Crippen LogP contribution in [0.3, 0.4) is 0 Å². The number of anilines is 1. The molecule has 0 aliphatic carbocycles. The minimum Gasteiger partial charge on any atom is -0.507 e. The molecule has 3 heterocycles. The zero-order valence-electron chi connectivity index (χ0n) is 33.3. The van der Waals surface area contributed by atoms with E-state index in [0.29, 0.717) is 5.65 Å². The number of methoxy groups -OCH3 is 2. The van der Waals surface area contributed by atoms with E-state index >= 15 is 0 Å². The van der Waals surface area contributed by atoms with Crippen LogP contribution < -0.4 is 10.1 Å². The van der Waals surface area contributed by atoms with Gasteiger partial charge in [-0.05, 0) is 44.5 Å².